The fourth-order valence-electron chi connectivity index (χ4n) is 2.07. The van der Waals surface area contributed by atoms with E-state index >= 15 is 0 Å². The Morgan fingerprint density at radius 1 is 1.33 bits per heavy atom. The third-order valence-corrected chi connectivity index (χ3v) is 3.71. The van der Waals surface area contributed by atoms with E-state index in [1.807, 2.05) is 48.0 Å². The minimum atomic E-state index is -0.233. The number of nitrogens with zero attached hydrogens (tertiary/aromatic N) is 2. The molecule has 1 aromatic carbocycles. The molecule has 2 aromatic heterocycles. The first-order valence-corrected chi connectivity index (χ1v) is 7.40. The first-order chi connectivity index (χ1) is 10.2. The third-order valence-electron chi connectivity index (χ3n) is 3.01. The van der Waals surface area contributed by atoms with Gasteiger partial charge in [-0.05, 0) is 35.9 Å². The van der Waals surface area contributed by atoms with E-state index in [1.54, 1.807) is 23.6 Å². The summed E-state index contributed by atoms with van der Waals surface area (Å²) in [6, 6.07) is 11.3. The quantitative estimate of drug-likeness (QED) is 0.595. The number of carbonyl (C=O) groups excluding carboxylic acids is 1. The maximum Gasteiger partial charge on any atom is 0.272 e. The fourth-order valence-corrected chi connectivity index (χ4v) is 2.68. The second kappa shape index (κ2) is 5.85. The zero-order valence-corrected chi connectivity index (χ0v) is 12.2. The largest absolute Gasteiger partial charge is 0.272 e. The number of hydrogen-bond acceptors (Lipinski definition) is 4. The van der Waals surface area contributed by atoms with Gasteiger partial charge in [-0.2, -0.15) is 16.4 Å². The molecule has 3 aromatic rings. The molecule has 0 spiro atoms. The molecule has 0 saturated heterocycles. The molecule has 0 unspecified atom stereocenters. The Balaban J connectivity index is 1.87. The van der Waals surface area contributed by atoms with Gasteiger partial charge in [0.25, 0.3) is 5.91 Å². The lowest BCUT2D eigenvalue weighted by Gasteiger charge is -2.06. The highest BCUT2D eigenvalue weighted by molar-refractivity contribution is 7.08. The van der Waals surface area contributed by atoms with E-state index in [9.17, 15) is 4.79 Å². The monoisotopic (exact) mass is 295 g/mol. The van der Waals surface area contributed by atoms with Gasteiger partial charge in [-0.25, -0.2) is 5.43 Å². The summed E-state index contributed by atoms with van der Waals surface area (Å²) in [6.45, 7) is 1.87. The molecule has 0 fully saturated rings. The number of benzene rings is 1. The number of aromatic nitrogens is 1. The van der Waals surface area contributed by atoms with E-state index in [2.05, 4.69) is 15.5 Å². The van der Waals surface area contributed by atoms with Gasteiger partial charge in [-0.3, -0.25) is 9.78 Å². The van der Waals surface area contributed by atoms with Crippen molar-refractivity contribution in [1.82, 2.24) is 10.4 Å². The van der Waals surface area contributed by atoms with Crippen molar-refractivity contribution >= 4 is 34.4 Å². The Morgan fingerprint density at radius 2 is 2.19 bits per heavy atom. The van der Waals surface area contributed by atoms with E-state index < -0.39 is 0 Å². The number of amides is 1. The zero-order chi connectivity index (χ0) is 14.7. The lowest BCUT2D eigenvalue weighted by atomic mass is 10.1. The summed E-state index contributed by atoms with van der Waals surface area (Å²) >= 11 is 1.59. The number of nitrogens with one attached hydrogen (secondary N) is 1. The van der Waals surface area contributed by atoms with Crippen LogP contribution in [0.5, 0.6) is 0 Å². The van der Waals surface area contributed by atoms with Gasteiger partial charge < -0.3 is 0 Å². The van der Waals surface area contributed by atoms with E-state index in [0.717, 1.165) is 22.2 Å². The molecule has 1 amide bonds. The maximum absolute atomic E-state index is 12.3. The molecule has 2 heterocycles. The van der Waals surface area contributed by atoms with Gasteiger partial charge in [-0.1, -0.05) is 18.2 Å². The SMILES string of the molecule is Cc1cc(C(=O)N/N=C/c2ccsc2)c2ccccc2n1. The van der Waals surface area contributed by atoms with E-state index in [1.165, 1.54) is 0 Å². The van der Waals surface area contributed by atoms with Crippen LogP contribution < -0.4 is 5.43 Å². The number of thiophene rings is 1. The average molecular weight is 295 g/mol. The zero-order valence-electron chi connectivity index (χ0n) is 11.4. The van der Waals surface area contributed by atoms with Crippen molar-refractivity contribution < 1.29 is 4.79 Å². The Morgan fingerprint density at radius 3 is 3.00 bits per heavy atom. The molecule has 3 rings (SSSR count). The fraction of sp³-hybridized carbons (Fsp3) is 0.0625. The van der Waals surface area contributed by atoms with Gasteiger partial charge in [0.15, 0.2) is 0 Å². The highest BCUT2D eigenvalue weighted by Gasteiger charge is 2.10. The number of rotatable bonds is 3. The van der Waals surface area contributed by atoms with Crippen molar-refractivity contribution in [3.63, 3.8) is 0 Å². The highest BCUT2D eigenvalue weighted by Crippen LogP contribution is 2.18. The van der Waals surface area contributed by atoms with Crippen molar-refractivity contribution in [1.29, 1.82) is 0 Å². The van der Waals surface area contributed by atoms with Gasteiger partial charge in [0.1, 0.15) is 0 Å². The van der Waals surface area contributed by atoms with E-state index in [4.69, 9.17) is 0 Å². The van der Waals surface area contributed by atoms with E-state index in [-0.39, 0.29) is 5.91 Å². The summed E-state index contributed by atoms with van der Waals surface area (Å²) in [6.07, 6.45) is 1.63. The van der Waals surface area contributed by atoms with Crippen LogP contribution in [-0.2, 0) is 0 Å². The summed E-state index contributed by atoms with van der Waals surface area (Å²) in [5, 5.41) is 8.73. The highest BCUT2D eigenvalue weighted by atomic mass is 32.1. The molecule has 0 aliphatic carbocycles. The number of fused-ring (bicyclic) bond motifs is 1. The predicted octanol–water partition coefficient (Wildman–Crippen LogP) is 3.37. The maximum atomic E-state index is 12.3. The van der Waals surface area contributed by atoms with Crippen LogP contribution in [0.3, 0.4) is 0 Å². The number of para-hydroxylation sites is 1. The summed E-state index contributed by atoms with van der Waals surface area (Å²) in [7, 11) is 0. The van der Waals surface area contributed by atoms with Crippen LogP contribution in [0, 0.1) is 6.92 Å². The Hall–Kier alpha value is -2.53. The molecule has 0 atom stereocenters. The van der Waals surface area contributed by atoms with Crippen LogP contribution in [0.25, 0.3) is 10.9 Å². The molecule has 104 valence electrons. The van der Waals surface area contributed by atoms with Gasteiger partial charge in [0.2, 0.25) is 0 Å². The topological polar surface area (TPSA) is 54.4 Å². The Labute approximate surface area is 126 Å². The first kappa shape index (κ1) is 13.5. The van der Waals surface area contributed by atoms with Gasteiger partial charge in [-0.15, -0.1) is 0 Å². The minimum absolute atomic E-state index is 0.233. The third kappa shape index (κ3) is 2.98. The minimum Gasteiger partial charge on any atom is -0.267 e. The number of hydrazone groups is 1. The van der Waals surface area contributed by atoms with Gasteiger partial charge in [0, 0.05) is 16.6 Å². The second-order valence-corrected chi connectivity index (χ2v) is 5.36. The van der Waals surface area contributed by atoms with Crippen molar-refractivity contribution in [2.24, 2.45) is 5.10 Å². The number of carbonyl (C=O) groups is 1. The van der Waals surface area contributed by atoms with Crippen molar-refractivity contribution in [3.05, 3.63) is 64.0 Å². The van der Waals surface area contributed by atoms with Crippen LogP contribution in [0.4, 0.5) is 0 Å². The lowest BCUT2D eigenvalue weighted by molar-refractivity contribution is 0.0956. The summed E-state index contributed by atoms with van der Waals surface area (Å²) in [5.41, 5.74) is 5.73. The van der Waals surface area contributed by atoms with Crippen LogP contribution in [0.2, 0.25) is 0 Å². The van der Waals surface area contributed by atoms with E-state index in [0.29, 0.717) is 5.56 Å². The van der Waals surface area contributed by atoms with Crippen molar-refractivity contribution in [2.45, 2.75) is 6.92 Å². The molecule has 0 aliphatic heterocycles. The molecular weight excluding hydrogens is 282 g/mol. The smallest absolute Gasteiger partial charge is 0.267 e. The summed E-state index contributed by atoms with van der Waals surface area (Å²) in [4.78, 5) is 16.7. The van der Waals surface area contributed by atoms with Gasteiger partial charge in [0.05, 0.1) is 17.3 Å². The van der Waals surface area contributed by atoms with Gasteiger partial charge >= 0.3 is 0 Å². The summed E-state index contributed by atoms with van der Waals surface area (Å²) in [5.74, 6) is -0.233. The molecule has 5 heteroatoms. The number of hydrogen-bond donors (Lipinski definition) is 1. The van der Waals surface area contributed by atoms with Crippen LogP contribution in [0.15, 0.2) is 52.3 Å². The summed E-state index contributed by atoms with van der Waals surface area (Å²) < 4.78 is 0. The number of aryl methyl sites for hydroxylation is 1. The van der Waals surface area contributed by atoms with Crippen molar-refractivity contribution in [3.8, 4) is 0 Å². The molecule has 0 aliphatic rings. The van der Waals surface area contributed by atoms with Crippen LogP contribution >= 0.6 is 11.3 Å². The molecule has 4 nitrogen and oxygen atoms in total. The molecular formula is C16H13N3OS. The standard InChI is InChI=1S/C16H13N3OS/c1-11-8-14(13-4-2-3-5-15(13)18-11)16(20)19-17-9-12-6-7-21-10-12/h2-10H,1H3,(H,19,20)/b17-9+. The Bertz CT molecular complexity index is 810. The Kier molecular flexibility index (Phi) is 3.75. The lowest BCUT2D eigenvalue weighted by Crippen LogP contribution is -2.18. The molecule has 0 saturated carbocycles. The molecule has 1 N–H and O–H groups in total. The number of pyridine rings is 1. The predicted molar refractivity (Wildman–Crippen MR) is 85.9 cm³/mol. The normalized spacial score (nSPS) is 11.1. The second-order valence-electron chi connectivity index (χ2n) is 4.58. The average Bonchev–Trinajstić information content (AvgIpc) is 2.99. The van der Waals surface area contributed by atoms with Crippen LogP contribution in [-0.4, -0.2) is 17.1 Å². The molecule has 0 bridgehead atoms. The first-order valence-electron chi connectivity index (χ1n) is 6.46. The van der Waals surface area contributed by atoms with Crippen molar-refractivity contribution in [2.75, 3.05) is 0 Å². The van der Waals surface area contributed by atoms with Crippen LogP contribution in [0.1, 0.15) is 21.6 Å². The molecule has 0 radical (unpaired) electrons. The molecule has 21 heavy (non-hydrogen) atoms.